The lowest BCUT2D eigenvalue weighted by Crippen LogP contribution is -2.47. The number of urea groups is 1. The molecule has 3 amide bonds. The minimum atomic E-state index is -1.24. The van der Waals surface area contributed by atoms with Crippen LogP contribution < -0.4 is 16.0 Å². The Bertz CT molecular complexity index is 1210. The zero-order valence-electron chi connectivity index (χ0n) is 21.9. The van der Waals surface area contributed by atoms with Crippen molar-refractivity contribution in [1.29, 1.82) is 5.26 Å². The van der Waals surface area contributed by atoms with E-state index in [4.69, 9.17) is 4.74 Å². The number of rotatable bonds is 9. The summed E-state index contributed by atoms with van der Waals surface area (Å²) < 4.78 is 7.43. The summed E-state index contributed by atoms with van der Waals surface area (Å²) in [4.78, 5) is 29.2. The van der Waals surface area contributed by atoms with E-state index in [1.165, 1.54) is 5.57 Å². The standard InChI is InChI=1S/C27H36N6O3Si/c1-37(2,3)12-11-36-18-33-17-22(14-28)31-25(33)26(34)32-24-10-9-20(21-15-29-27(35)30-16-21)13-23(24)19-7-5-4-6-8-19/h7,9-10,13,17,21H,4-6,8,11-12,15-16,18H2,1-3H3,(H,32,34)(H2,29,30,35). The van der Waals surface area contributed by atoms with E-state index in [2.05, 4.69) is 52.7 Å². The highest BCUT2D eigenvalue weighted by Gasteiger charge is 2.23. The fraction of sp³-hybridized carbons (Fsp3) is 0.481. The van der Waals surface area contributed by atoms with Crippen LogP contribution >= 0.6 is 0 Å². The van der Waals surface area contributed by atoms with Crippen molar-refractivity contribution < 1.29 is 14.3 Å². The molecule has 9 nitrogen and oxygen atoms in total. The van der Waals surface area contributed by atoms with E-state index in [9.17, 15) is 14.9 Å². The van der Waals surface area contributed by atoms with Crippen LogP contribution in [0.25, 0.3) is 5.57 Å². The molecule has 1 aromatic heterocycles. The third-order valence-electron chi connectivity index (χ3n) is 6.74. The molecular weight excluding hydrogens is 484 g/mol. The van der Waals surface area contributed by atoms with Crippen molar-refractivity contribution in [2.24, 2.45) is 0 Å². The Morgan fingerprint density at radius 2 is 2.05 bits per heavy atom. The van der Waals surface area contributed by atoms with E-state index in [1.807, 2.05) is 18.2 Å². The number of carbonyl (C=O) groups is 2. The molecule has 1 aliphatic heterocycles. The first kappa shape index (κ1) is 26.6. The summed E-state index contributed by atoms with van der Waals surface area (Å²) >= 11 is 0. The number of aromatic nitrogens is 2. The second-order valence-corrected chi connectivity index (χ2v) is 16.5. The van der Waals surface area contributed by atoms with Crippen molar-refractivity contribution in [2.75, 3.05) is 25.0 Å². The van der Waals surface area contributed by atoms with Crippen molar-refractivity contribution in [3.63, 3.8) is 0 Å². The lowest BCUT2D eigenvalue weighted by Gasteiger charge is -2.26. The number of benzene rings is 1. The van der Waals surface area contributed by atoms with Crippen LogP contribution in [0.5, 0.6) is 0 Å². The van der Waals surface area contributed by atoms with Crippen LogP contribution in [0.15, 0.2) is 30.5 Å². The smallest absolute Gasteiger partial charge is 0.314 e. The highest BCUT2D eigenvalue weighted by molar-refractivity contribution is 6.76. The molecule has 37 heavy (non-hydrogen) atoms. The molecule has 1 aromatic carbocycles. The quantitative estimate of drug-likeness (QED) is 0.328. The van der Waals surface area contributed by atoms with Gasteiger partial charge in [-0.15, -0.1) is 0 Å². The predicted molar refractivity (Wildman–Crippen MR) is 146 cm³/mol. The Morgan fingerprint density at radius 1 is 1.27 bits per heavy atom. The molecule has 4 rings (SSSR count). The molecule has 0 unspecified atom stereocenters. The topological polar surface area (TPSA) is 121 Å². The minimum absolute atomic E-state index is 0.146. The normalized spacial score (nSPS) is 16.4. The molecule has 2 aliphatic rings. The first-order valence-electron chi connectivity index (χ1n) is 12.9. The molecule has 196 valence electrons. The zero-order valence-corrected chi connectivity index (χ0v) is 22.9. The molecule has 1 saturated heterocycles. The van der Waals surface area contributed by atoms with Crippen LogP contribution in [0.4, 0.5) is 10.5 Å². The van der Waals surface area contributed by atoms with Gasteiger partial charge in [-0.25, -0.2) is 9.78 Å². The monoisotopic (exact) mass is 520 g/mol. The van der Waals surface area contributed by atoms with Gasteiger partial charge in [0.15, 0.2) is 5.69 Å². The lowest BCUT2D eigenvalue weighted by molar-refractivity contribution is 0.0808. The molecule has 2 aromatic rings. The van der Waals surface area contributed by atoms with Crippen LogP contribution in [-0.4, -0.2) is 49.3 Å². The maximum absolute atomic E-state index is 13.4. The van der Waals surface area contributed by atoms with E-state index in [0.29, 0.717) is 25.4 Å². The molecule has 0 bridgehead atoms. The van der Waals surface area contributed by atoms with Gasteiger partial charge < -0.3 is 25.3 Å². The lowest BCUT2D eigenvalue weighted by atomic mass is 9.88. The van der Waals surface area contributed by atoms with E-state index in [0.717, 1.165) is 42.9 Å². The van der Waals surface area contributed by atoms with E-state index in [-0.39, 0.29) is 36.1 Å². The number of nitrogens with one attached hydrogen (secondary N) is 3. The number of ether oxygens (including phenoxy) is 1. The number of anilines is 1. The third kappa shape index (κ3) is 7.08. The van der Waals surface area contributed by atoms with Gasteiger partial charge in [0.2, 0.25) is 5.82 Å². The number of hydrogen-bond donors (Lipinski definition) is 3. The Balaban J connectivity index is 1.56. The summed E-state index contributed by atoms with van der Waals surface area (Å²) in [5.74, 6) is -0.0838. The first-order valence-corrected chi connectivity index (χ1v) is 16.7. The summed E-state index contributed by atoms with van der Waals surface area (Å²) in [6, 6.07) is 8.95. The summed E-state index contributed by atoms with van der Waals surface area (Å²) in [7, 11) is -1.24. The van der Waals surface area contributed by atoms with Gasteiger partial charge in [0.05, 0.1) is 0 Å². The average molecular weight is 521 g/mol. The number of imidazole rings is 1. The van der Waals surface area contributed by atoms with Crippen LogP contribution in [0.2, 0.25) is 25.7 Å². The fourth-order valence-electron chi connectivity index (χ4n) is 4.54. The predicted octanol–water partition coefficient (Wildman–Crippen LogP) is 4.67. The second kappa shape index (κ2) is 11.8. The van der Waals surface area contributed by atoms with E-state index in [1.54, 1.807) is 10.8 Å². The Kier molecular flexibility index (Phi) is 8.46. The summed E-state index contributed by atoms with van der Waals surface area (Å²) in [6.07, 6.45) is 8.04. The molecule has 2 heterocycles. The number of amides is 3. The Hall–Kier alpha value is -3.42. The molecule has 0 atom stereocenters. The minimum Gasteiger partial charge on any atom is -0.361 e. The summed E-state index contributed by atoms with van der Waals surface area (Å²) in [5.41, 5.74) is 4.20. The van der Waals surface area contributed by atoms with Gasteiger partial charge in [-0.05, 0) is 55.0 Å². The van der Waals surface area contributed by atoms with Gasteiger partial charge in [0.1, 0.15) is 12.8 Å². The Labute approximate surface area is 219 Å². The van der Waals surface area contributed by atoms with E-state index < -0.39 is 8.07 Å². The van der Waals surface area contributed by atoms with Gasteiger partial charge in [0, 0.05) is 51.1 Å². The largest absolute Gasteiger partial charge is 0.361 e. The van der Waals surface area contributed by atoms with Crippen LogP contribution in [0.1, 0.15) is 59.0 Å². The van der Waals surface area contributed by atoms with Crippen LogP contribution in [0, 0.1) is 11.3 Å². The number of nitrogens with zero attached hydrogens (tertiary/aromatic N) is 3. The van der Waals surface area contributed by atoms with Gasteiger partial charge in [-0.3, -0.25) is 4.79 Å². The van der Waals surface area contributed by atoms with Crippen LogP contribution in [0.3, 0.4) is 0 Å². The van der Waals surface area contributed by atoms with E-state index >= 15 is 0 Å². The summed E-state index contributed by atoms with van der Waals surface area (Å²) in [6.45, 7) is 8.76. The number of carbonyl (C=O) groups excluding carboxylic acids is 2. The number of hydrogen-bond acceptors (Lipinski definition) is 5. The van der Waals surface area contributed by atoms with Gasteiger partial charge in [-0.2, -0.15) is 5.26 Å². The van der Waals surface area contributed by atoms with Gasteiger partial charge in [-0.1, -0.05) is 31.8 Å². The maximum atomic E-state index is 13.4. The molecular formula is C27H36N6O3Si. The molecule has 0 saturated carbocycles. The molecule has 1 fully saturated rings. The number of allylic oxidation sites excluding steroid dienone is 2. The molecule has 10 heteroatoms. The average Bonchev–Trinajstić information content (AvgIpc) is 3.31. The first-order chi connectivity index (χ1) is 17.7. The van der Waals surface area contributed by atoms with Crippen molar-refractivity contribution in [1.82, 2.24) is 20.2 Å². The highest BCUT2D eigenvalue weighted by atomic mass is 28.3. The van der Waals surface area contributed by atoms with Crippen molar-refractivity contribution in [3.8, 4) is 6.07 Å². The molecule has 0 spiro atoms. The molecule has 3 N–H and O–H groups in total. The van der Waals surface area contributed by atoms with Crippen molar-refractivity contribution in [3.05, 3.63) is 53.1 Å². The molecule has 1 aliphatic carbocycles. The van der Waals surface area contributed by atoms with Crippen molar-refractivity contribution >= 4 is 31.3 Å². The third-order valence-corrected chi connectivity index (χ3v) is 8.44. The SMILES string of the molecule is C[Si](C)(C)CCOCn1cc(C#N)nc1C(=O)Nc1ccc(C2CNC(=O)NC2)cc1C1=CCCCC1. The number of nitriles is 1. The fourth-order valence-corrected chi connectivity index (χ4v) is 5.30. The van der Waals surface area contributed by atoms with Crippen molar-refractivity contribution in [2.45, 2.75) is 64.0 Å². The Morgan fingerprint density at radius 3 is 2.73 bits per heavy atom. The highest BCUT2D eigenvalue weighted by Crippen LogP contribution is 2.34. The van der Waals surface area contributed by atoms with Gasteiger partial charge >= 0.3 is 6.03 Å². The van der Waals surface area contributed by atoms with Crippen LogP contribution in [-0.2, 0) is 11.5 Å². The molecule has 0 radical (unpaired) electrons. The maximum Gasteiger partial charge on any atom is 0.314 e. The summed E-state index contributed by atoms with van der Waals surface area (Å²) in [5, 5.41) is 18.1. The second-order valence-electron chi connectivity index (χ2n) is 10.9. The van der Waals surface area contributed by atoms with Gasteiger partial charge in [0.25, 0.3) is 5.91 Å². The zero-order chi connectivity index (χ0) is 26.4.